The van der Waals surface area contributed by atoms with Crippen molar-refractivity contribution in [3.05, 3.63) is 12.2 Å². The minimum Gasteiger partial charge on any atom is -0.310 e. The van der Waals surface area contributed by atoms with Crippen LogP contribution in [-0.4, -0.2) is 5.71 Å². The van der Waals surface area contributed by atoms with Crippen LogP contribution in [0.1, 0.15) is 26.7 Å². The topological polar surface area (TPSA) is 23.9 Å². The molecule has 1 N–H and O–H groups in total. The van der Waals surface area contributed by atoms with E-state index in [1.54, 1.807) is 0 Å². The highest BCUT2D eigenvalue weighted by molar-refractivity contribution is 5.84. The Labute approximate surface area is 62.6 Å². The molecule has 1 fully saturated rings. The number of hydrogen-bond donors (Lipinski definition) is 1. The molecule has 1 unspecified atom stereocenters. The molecule has 0 radical (unpaired) electrons. The third-order valence-corrected chi connectivity index (χ3v) is 2.33. The molecule has 0 heterocycles. The average molecular weight is 137 g/mol. The van der Waals surface area contributed by atoms with Crippen molar-refractivity contribution >= 4 is 5.71 Å². The lowest BCUT2D eigenvalue weighted by Crippen LogP contribution is -1.95. The molecule has 2 atom stereocenters. The first-order chi connectivity index (χ1) is 4.66. The van der Waals surface area contributed by atoms with Crippen LogP contribution in [0.3, 0.4) is 0 Å². The van der Waals surface area contributed by atoms with E-state index in [-0.39, 0.29) is 0 Å². The van der Waals surface area contributed by atoms with Gasteiger partial charge in [0.15, 0.2) is 0 Å². The van der Waals surface area contributed by atoms with E-state index in [0.29, 0.717) is 11.8 Å². The van der Waals surface area contributed by atoms with Gasteiger partial charge in [-0.15, -0.1) is 0 Å². The Bertz CT molecular complexity index is 170. The molecule has 0 aromatic heterocycles. The van der Waals surface area contributed by atoms with Crippen molar-refractivity contribution in [2.24, 2.45) is 11.8 Å². The summed E-state index contributed by atoms with van der Waals surface area (Å²) in [5, 5.41) is 7.37. The summed E-state index contributed by atoms with van der Waals surface area (Å²) < 4.78 is 0. The monoisotopic (exact) mass is 137 g/mol. The fourth-order valence-corrected chi connectivity index (χ4v) is 1.39. The van der Waals surface area contributed by atoms with Crippen LogP contribution in [0.4, 0.5) is 0 Å². The van der Waals surface area contributed by atoms with E-state index in [2.05, 4.69) is 13.5 Å². The molecule has 0 aliphatic heterocycles. The van der Waals surface area contributed by atoms with Gasteiger partial charge in [0.2, 0.25) is 0 Å². The van der Waals surface area contributed by atoms with Crippen molar-refractivity contribution in [2.45, 2.75) is 26.7 Å². The highest BCUT2D eigenvalue weighted by atomic mass is 14.5. The maximum atomic E-state index is 7.37. The fraction of sp³-hybridized carbons (Fsp3) is 0.667. The predicted octanol–water partition coefficient (Wildman–Crippen LogP) is 2.63. The summed E-state index contributed by atoms with van der Waals surface area (Å²) in [5.74, 6) is 1.20. The van der Waals surface area contributed by atoms with Crippen molar-refractivity contribution in [3.8, 4) is 0 Å². The lowest BCUT2D eigenvalue weighted by molar-refractivity contribution is 0.881. The molecule has 0 amide bonds. The number of allylic oxidation sites excluding steroid dienone is 1. The van der Waals surface area contributed by atoms with Gasteiger partial charge in [-0.3, -0.25) is 0 Å². The lowest BCUT2D eigenvalue weighted by atomic mass is 10.1. The van der Waals surface area contributed by atoms with Crippen molar-refractivity contribution in [1.29, 1.82) is 5.41 Å². The Hall–Kier alpha value is -0.590. The molecule has 1 saturated carbocycles. The molecule has 0 bridgehead atoms. The number of rotatable bonds is 3. The molecule has 10 heavy (non-hydrogen) atoms. The van der Waals surface area contributed by atoms with Crippen molar-refractivity contribution < 1.29 is 0 Å². The molecule has 1 rings (SSSR count). The summed E-state index contributed by atoms with van der Waals surface area (Å²) in [6, 6.07) is 0. The summed E-state index contributed by atoms with van der Waals surface area (Å²) >= 11 is 0. The van der Waals surface area contributed by atoms with Crippen LogP contribution in [0, 0.1) is 17.2 Å². The fourth-order valence-electron chi connectivity index (χ4n) is 1.39. The van der Waals surface area contributed by atoms with Crippen LogP contribution in [0.2, 0.25) is 0 Å². The molecule has 0 aromatic rings. The van der Waals surface area contributed by atoms with Crippen LogP contribution in [-0.2, 0) is 0 Å². The largest absolute Gasteiger partial charge is 0.310 e. The van der Waals surface area contributed by atoms with Gasteiger partial charge < -0.3 is 5.41 Å². The highest BCUT2D eigenvalue weighted by Crippen LogP contribution is 2.44. The molecule has 56 valence electrons. The van der Waals surface area contributed by atoms with Crippen molar-refractivity contribution in [1.82, 2.24) is 0 Å². The van der Waals surface area contributed by atoms with Gasteiger partial charge in [-0.2, -0.15) is 0 Å². The van der Waals surface area contributed by atoms with E-state index < -0.39 is 0 Å². The zero-order chi connectivity index (χ0) is 7.72. The molecular formula is C9H15N. The molecular weight excluding hydrogens is 122 g/mol. The molecule has 1 aliphatic rings. The second-order valence-corrected chi connectivity index (χ2v) is 3.14. The highest BCUT2D eigenvalue weighted by Gasteiger charge is 2.39. The van der Waals surface area contributed by atoms with Crippen molar-refractivity contribution in [2.75, 3.05) is 0 Å². The number of hydrogen-bond acceptors (Lipinski definition) is 1. The Kier molecular flexibility index (Phi) is 1.93. The summed E-state index contributed by atoms with van der Waals surface area (Å²) in [4.78, 5) is 0. The summed E-state index contributed by atoms with van der Waals surface area (Å²) in [5.41, 5.74) is 2.16. The third kappa shape index (κ3) is 1.28. The van der Waals surface area contributed by atoms with Gasteiger partial charge in [0, 0.05) is 11.6 Å². The van der Waals surface area contributed by atoms with E-state index in [1.807, 2.05) is 6.92 Å². The maximum absolute atomic E-state index is 7.37. The number of nitrogens with one attached hydrogen (secondary N) is 1. The second kappa shape index (κ2) is 2.57. The SMILES string of the molecule is C=C(CC)C1C[C@H]1C(C)=N. The van der Waals surface area contributed by atoms with Crippen LogP contribution in [0.25, 0.3) is 0 Å². The van der Waals surface area contributed by atoms with Crippen LogP contribution in [0.15, 0.2) is 12.2 Å². The molecule has 1 aliphatic carbocycles. The van der Waals surface area contributed by atoms with Gasteiger partial charge in [0.05, 0.1) is 0 Å². The first kappa shape index (κ1) is 7.52. The van der Waals surface area contributed by atoms with E-state index in [0.717, 1.165) is 12.1 Å². The third-order valence-electron chi connectivity index (χ3n) is 2.33. The Morgan fingerprint density at radius 2 is 2.20 bits per heavy atom. The van der Waals surface area contributed by atoms with Gasteiger partial charge in [0.25, 0.3) is 0 Å². The maximum Gasteiger partial charge on any atom is 0.00953 e. The van der Waals surface area contributed by atoms with Crippen LogP contribution >= 0.6 is 0 Å². The average Bonchev–Trinajstić information content (AvgIpc) is 2.64. The van der Waals surface area contributed by atoms with Gasteiger partial charge in [-0.25, -0.2) is 0 Å². The summed E-state index contributed by atoms with van der Waals surface area (Å²) in [6.45, 7) is 8.00. The van der Waals surface area contributed by atoms with E-state index in [1.165, 1.54) is 12.0 Å². The van der Waals surface area contributed by atoms with E-state index >= 15 is 0 Å². The van der Waals surface area contributed by atoms with Gasteiger partial charge in [-0.05, 0) is 25.7 Å². The van der Waals surface area contributed by atoms with Crippen LogP contribution < -0.4 is 0 Å². The molecule has 0 aromatic carbocycles. The Balaban J connectivity index is 2.38. The molecule has 0 saturated heterocycles. The van der Waals surface area contributed by atoms with Gasteiger partial charge in [-0.1, -0.05) is 19.1 Å². The van der Waals surface area contributed by atoms with Crippen LogP contribution in [0.5, 0.6) is 0 Å². The summed E-state index contributed by atoms with van der Waals surface area (Å²) in [6.07, 6.45) is 2.26. The Morgan fingerprint density at radius 3 is 2.50 bits per heavy atom. The smallest absolute Gasteiger partial charge is 0.00953 e. The van der Waals surface area contributed by atoms with Gasteiger partial charge in [0.1, 0.15) is 0 Å². The summed E-state index contributed by atoms with van der Waals surface area (Å²) in [7, 11) is 0. The molecule has 1 nitrogen and oxygen atoms in total. The predicted molar refractivity (Wildman–Crippen MR) is 44.4 cm³/mol. The molecule has 0 spiro atoms. The van der Waals surface area contributed by atoms with E-state index in [9.17, 15) is 0 Å². The minimum atomic E-state index is 0.549. The minimum absolute atomic E-state index is 0.549. The second-order valence-electron chi connectivity index (χ2n) is 3.14. The van der Waals surface area contributed by atoms with E-state index in [4.69, 9.17) is 5.41 Å². The standard InChI is InChI=1S/C9H15N/c1-4-6(2)8-5-9(8)7(3)10/h8-10H,2,4-5H2,1,3H3/t8?,9-/m0/s1. The first-order valence-electron chi connectivity index (χ1n) is 3.89. The van der Waals surface area contributed by atoms with Crippen molar-refractivity contribution in [3.63, 3.8) is 0 Å². The lowest BCUT2D eigenvalue weighted by Gasteiger charge is -1.98. The van der Waals surface area contributed by atoms with Gasteiger partial charge >= 0.3 is 0 Å². The zero-order valence-corrected chi connectivity index (χ0v) is 6.78. The quantitative estimate of drug-likeness (QED) is 0.456. The first-order valence-corrected chi connectivity index (χ1v) is 3.89. The molecule has 1 heteroatoms. The Morgan fingerprint density at radius 1 is 1.60 bits per heavy atom. The zero-order valence-electron chi connectivity index (χ0n) is 6.78. The normalized spacial score (nSPS) is 29.8.